The molecule has 4 rings (SSSR count). The Morgan fingerprint density at radius 1 is 1.00 bits per heavy atom. The molecule has 1 saturated heterocycles. The zero-order valence-corrected chi connectivity index (χ0v) is 23.3. The minimum absolute atomic E-state index is 0.0414. The number of phenolic OH excluding ortho intramolecular Hbond substituents is 1. The van der Waals surface area contributed by atoms with E-state index in [9.17, 15) is 19.1 Å². The van der Waals surface area contributed by atoms with Crippen LogP contribution >= 0.6 is 11.6 Å². The Hall–Kier alpha value is -3.30. The van der Waals surface area contributed by atoms with Gasteiger partial charge in [0.15, 0.2) is 5.78 Å². The highest BCUT2D eigenvalue weighted by Crippen LogP contribution is 2.33. The predicted octanol–water partition coefficient (Wildman–Crippen LogP) is 5.16. The van der Waals surface area contributed by atoms with Crippen LogP contribution in [0.3, 0.4) is 0 Å². The van der Waals surface area contributed by atoms with Gasteiger partial charge in [-0.15, -0.1) is 0 Å². The van der Waals surface area contributed by atoms with E-state index in [1.807, 2.05) is 24.3 Å². The molecule has 0 radical (unpaired) electrons. The Morgan fingerprint density at radius 3 is 2.12 bits per heavy atom. The lowest BCUT2D eigenvalue weighted by Crippen LogP contribution is -2.46. The van der Waals surface area contributed by atoms with Crippen LogP contribution in [0, 0.1) is 5.82 Å². The first-order valence-electron chi connectivity index (χ1n) is 13.2. The number of aliphatic hydroxyl groups is 1. The van der Waals surface area contributed by atoms with E-state index in [-0.39, 0.29) is 23.8 Å². The second kappa shape index (κ2) is 13.9. The van der Waals surface area contributed by atoms with Crippen molar-refractivity contribution >= 4 is 23.4 Å². The van der Waals surface area contributed by atoms with Gasteiger partial charge in [-0.1, -0.05) is 35.9 Å². The van der Waals surface area contributed by atoms with E-state index >= 15 is 0 Å². The highest BCUT2D eigenvalue weighted by molar-refractivity contribution is 6.30. The SMILES string of the molecule is CC(N)(Cc1ccc(O)cc1)C(=O)O.O=C(CCCN1CCC(O)(c2ccc(Cl)cc2)CC1)c1ccc(F)cc1. The lowest BCUT2D eigenvalue weighted by molar-refractivity contribution is -0.142. The minimum atomic E-state index is -1.27. The van der Waals surface area contributed by atoms with E-state index in [1.165, 1.54) is 43.3 Å². The number of rotatable bonds is 9. The highest BCUT2D eigenvalue weighted by atomic mass is 35.5. The van der Waals surface area contributed by atoms with Crippen LogP contribution in [0.15, 0.2) is 72.8 Å². The second-order valence-corrected chi connectivity index (χ2v) is 10.9. The predicted molar refractivity (Wildman–Crippen MR) is 153 cm³/mol. The van der Waals surface area contributed by atoms with Crippen LogP contribution in [0.1, 0.15) is 54.1 Å². The molecular formula is C31H36ClFN2O5. The molecule has 5 N–H and O–H groups in total. The number of carboxylic acid groups (broad SMARTS) is 1. The van der Waals surface area contributed by atoms with Crippen molar-refractivity contribution in [1.29, 1.82) is 0 Å². The number of nitrogens with two attached hydrogens (primary N) is 1. The number of hydrogen-bond donors (Lipinski definition) is 4. The van der Waals surface area contributed by atoms with Crippen molar-refractivity contribution in [2.24, 2.45) is 5.73 Å². The van der Waals surface area contributed by atoms with E-state index < -0.39 is 17.1 Å². The first kappa shape index (κ1) is 31.2. The van der Waals surface area contributed by atoms with Crippen molar-refractivity contribution in [3.63, 3.8) is 0 Å². The topological polar surface area (TPSA) is 124 Å². The van der Waals surface area contributed by atoms with Gasteiger partial charge in [-0.25, -0.2) is 4.39 Å². The Labute approximate surface area is 239 Å². The maximum atomic E-state index is 12.9. The molecule has 1 aliphatic rings. The monoisotopic (exact) mass is 570 g/mol. The molecule has 3 aromatic rings. The number of Topliss-reactive ketones (excluding diaryl/α,β-unsaturated/α-hetero) is 1. The molecule has 0 bridgehead atoms. The number of aliphatic carboxylic acids is 1. The standard InChI is InChI=1S/C21H23ClFNO2.C10H13NO3/c22-18-7-5-17(6-8-18)21(26)11-14-24(15-12-21)13-1-2-20(25)16-3-9-19(23)10-4-16;1-10(11,9(13)14)6-7-2-4-8(12)5-3-7/h3-10,26H,1-2,11-15H2;2-5,12H,6,11H2,1H3,(H,13,14). The van der Waals surface area contributed by atoms with Gasteiger partial charge < -0.3 is 26.0 Å². The number of hydrogen-bond acceptors (Lipinski definition) is 6. The van der Waals surface area contributed by atoms with Gasteiger partial charge in [-0.3, -0.25) is 9.59 Å². The smallest absolute Gasteiger partial charge is 0.323 e. The molecule has 0 spiro atoms. The molecule has 1 fully saturated rings. The molecule has 0 aliphatic carbocycles. The summed E-state index contributed by atoms with van der Waals surface area (Å²) in [6.45, 7) is 3.87. The summed E-state index contributed by atoms with van der Waals surface area (Å²) in [5.41, 5.74) is 5.76. The molecule has 7 nitrogen and oxygen atoms in total. The summed E-state index contributed by atoms with van der Waals surface area (Å²) < 4.78 is 12.9. The third-order valence-electron chi connectivity index (χ3n) is 7.11. The highest BCUT2D eigenvalue weighted by Gasteiger charge is 2.33. The fourth-order valence-electron chi connectivity index (χ4n) is 4.55. The Morgan fingerprint density at radius 2 is 1.57 bits per heavy atom. The molecule has 1 heterocycles. The fourth-order valence-corrected chi connectivity index (χ4v) is 4.68. The zero-order valence-electron chi connectivity index (χ0n) is 22.5. The number of ketones is 1. The molecule has 0 saturated carbocycles. The average molecular weight is 571 g/mol. The maximum absolute atomic E-state index is 12.9. The van der Waals surface area contributed by atoms with Crippen molar-refractivity contribution in [2.75, 3.05) is 19.6 Å². The van der Waals surface area contributed by atoms with E-state index in [0.29, 0.717) is 29.8 Å². The number of likely N-dealkylation sites (tertiary alicyclic amines) is 1. The lowest BCUT2D eigenvalue weighted by Gasteiger charge is -2.38. The molecule has 9 heteroatoms. The number of nitrogens with zero attached hydrogens (tertiary/aromatic N) is 1. The molecule has 214 valence electrons. The van der Waals surface area contributed by atoms with Gasteiger partial charge in [0.1, 0.15) is 17.1 Å². The van der Waals surface area contributed by atoms with Crippen LogP contribution < -0.4 is 5.73 Å². The Kier molecular flexibility index (Phi) is 10.8. The fraction of sp³-hybridized carbons (Fsp3) is 0.355. The third-order valence-corrected chi connectivity index (χ3v) is 7.36. The normalized spacial score (nSPS) is 16.3. The first-order valence-corrected chi connectivity index (χ1v) is 13.6. The molecule has 40 heavy (non-hydrogen) atoms. The quantitative estimate of drug-likeness (QED) is 0.262. The summed E-state index contributed by atoms with van der Waals surface area (Å²) in [5.74, 6) is -1.17. The van der Waals surface area contributed by atoms with Gasteiger partial charge in [-0.05, 0) is 92.4 Å². The largest absolute Gasteiger partial charge is 0.508 e. The Bertz CT molecular complexity index is 1260. The first-order chi connectivity index (χ1) is 18.9. The number of carboxylic acids is 1. The molecule has 3 aromatic carbocycles. The van der Waals surface area contributed by atoms with E-state index in [1.54, 1.807) is 12.1 Å². The number of piperidine rings is 1. The molecule has 1 aliphatic heterocycles. The van der Waals surface area contributed by atoms with E-state index in [2.05, 4.69) is 4.90 Å². The third kappa shape index (κ3) is 9.13. The van der Waals surface area contributed by atoms with Crippen LogP contribution in [-0.2, 0) is 16.8 Å². The van der Waals surface area contributed by atoms with Crippen LogP contribution in [-0.4, -0.2) is 57.1 Å². The van der Waals surface area contributed by atoms with Gasteiger partial charge in [-0.2, -0.15) is 0 Å². The van der Waals surface area contributed by atoms with Crippen LogP contribution in [0.2, 0.25) is 5.02 Å². The minimum Gasteiger partial charge on any atom is -0.508 e. The summed E-state index contributed by atoms with van der Waals surface area (Å²) in [6, 6.07) is 19.4. The molecular weight excluding hydrogens is 535 g/mol. The number of benzene rings is 3. The number of phenols is 1. The van der Waals surface area contributed by atoms with Gasteiger partial charge in [0.2, 0.25) is 0 Å². The van der Waals surface area contributed by atoms with Gasteiger partial charge in [0.25, 0.3) is 0 Å². The average Bonchev–Trinajstić information content (AvgIpc) is 2.92. The van der Waals surface area contributed by atoms with Crippen LogP contribution in [0.4, 0.5) is 4.39 Å². The molecule has 1 unspecified atom stereocenters. The second-order valence-electron chi connectivity index (χ2n) is 10.5. The van der Waals surface area contributed by atoms with Gasteiger partial charge in [0.05, 0.1) is 5.60 Å². The molecule has 0 aromatic heterocycles. The van der Waals surface area contributed by atoms with Crippen molar-refractivity contribution in [3.8, 4) is 5.75 Å². The van der Waals surface area contributed by atoms with Crippen molar-refractivity contribution < 1.29 is 29.3 Å². The molecule has 0 amide bonds. The summed E-state index contributed by atoms with van der Waals surface area (Å²) in [6.07, 6.45) is 2.78. The number of halogens is 2. The zero-order chi connectivity index (χ0) is 29.3. The van der Waals surface area contributed by atoms with E-state index in [4.69, 9.17) is 27.5 Å². The van der Waals surface area contributed by atoms with E-state index in [0.717, 1.165) is 37.2 Å². The summed E-state index contributed by atoms with van der Waals surface area (Å²) in [7, 11) is 0. The number of carbonyl (C=O) groups is 2. The van der Waals surface area contributed by atoms with Crippen LogP contribution in [0.5, 0.6) is 5.75 Å². The van der Waals surface area contributed by atoms with Gasteiger partial charge in [0, 0.05) is 36.5 Å². The lowest BCUT2D eigenvalue weighted by atomic mass is 9.84. The number of carbonyl (C=O) groups excluding carboxylic acids is 1. The Balaban J connectivity index is 0.000000267. The maximum Gasteiger partial charge on any atom is 0.323 e. The van der Waals surface area contributed by atoms with Crippen LogP contribution in [0.25, 0.3) is 0 Å². The van der Waals surface area contributed by atoms with Crippen molar-refractivity contribution in [3.05, 3.63) is 100 Å². The summed E-state index contributed by atoms with van der Waals surface area (Å²) in [5, 5.41) is 29.3. The van der Waals surface area contributed by atoms with Gasteiger partial charge >= 0.3 is 5.97 Å². The van der Waals surface area contributed by atoms with Crippen molar-refractivity contribution in [1.82, 2.24) is 4.90 Å². The number of aromatic hydroxyl groups is 1. The molecule has 1 atom stereocenters. The summed E-state index contributed by atoms with van der Waals surface area (Å²) in [4.78, 5) is 25.1. The van der Waals surface area contributed by atoms with Crippen molar-refractivity contribution in [2.45, 2.75) is 50.2 Å². The summed E-state index contributed by atoms with van der Waals surface area (Å²) >= 11 is 5.92.